The molecular weight excluding hydrogens is 212 g/mol. The van der Waals surface area contributed by atoms with E-state index in [0.29, 0.717) is 19.4 Å². The van der Waals surface area contributed by atoms with Crippen LogP contribution in [0.2, 0.25) is 0 Å². The predicted octanol–water partition coefficient (Wildman–Crippen LogP) is 0.0643. The third-order valence-corrected chi connectivity index (χ3v) is 6.02. The third-order valence-electron chi connectivity index (χ3n) is 2.69. The average Bonchev–Trinajstić information content (AvgIpc) is 2.29. The Bertz CT molecular complexity index is 170. The average molecular weight is 235 g/mol. The van der Waals surface area contributed by atoms with Gasteiger partial charge < -0.3 is 24.7 Å². The minimum Gasteiger partial charge on any atom is -0.376 e. The summed E-state index contributed by atoms with van der Waals surface area (Å²) in [5.41, 5.74) is 11.7. The summed E-state index contributed by atoms with van der Waals surface area (Å²) in [6.07, 6.45) is 1.99. The minimum atomic E-state index is -2.85. The third kappa shape index (κ3) is 2.99. The Hall–Kier alpha value is 0.0169. The van der Waals surface area contributed by atoms with Crippen LogP contribution in [0.25, 0.3) is 0 Å². The molecular formula is C9H23N2O3Si. The van der Waals surface area contributed by atoms with Crippen LogP contribution in [-0.2, 0) is 13.3 Å². The molecule has 0 aromatic rings. The molecule has 0 rings (SSSR count). The van der Waals surface area contributed by atoms with Crippen molar-refractivity contribution >= 4 is 8.80 Å². The van der Waals surface area contributed by atoms with E-state index in [-0.39, 0.29) is 0 Å². The van der Waals surface area contributed by atoms with Crippen molar-refractivity contribution in [2.24, 2.45) is 11.5 Å². The summed E-state index contributed by atoms with van der Waals surface area (Å²) < 4.78 is 16.1. The molecule has 0 aliphatic heterocycles. The van der Waals surface area contributed by atoms with Crippen molar-refractivity contribution < 1.29 is 13.3 Å². The van der Waals surface area contributed by atoms with Gasteiger partial charge in [0.2, 0.25) is 0 Å². The fourth-order valence-electron chi connectivity index (χ4n) is 1.71. The molecule has 0 amide bonds. The largest absolute Gasteiger partial charge is 0.521 e. The van der Waals surface area contributed by atoms with Crippen LogP contribution < -0.4 is 11.5 Å². The molecule has 91 valence electrons. The van der Waals surface area contributed by atoms with Gasteiger partial charge in [-0.05, 0) is 25.8 Å². The zero-order chi connectivity index (χ0) is 11.9. The van der Waals surface area contributed by atoms with Gasteiger partial charge in [-0.15, -0.1) is 0 Å². The predicted molar refractivity (Wildman–Crippen MR) is 62.0 cm³/mol. The van der Waals surface area contributed by atoms with E-state index >= 15 is 0 Å². The Labute approximate surface area is 93.4 Å². The van der Waals surface area contributed by atoms with E-state index in [9.17, 15) is 0 Å². The lowest BCUT2D eigenvalue weighted by molar-refractivity contribution is 0.0886. The highest BCUT2D eigenvalue weighted by atomic mass is 28.4. The van der Waals surface area contributed by atoms with Gasteiger partial charge in [0.1, 0.15) is 0 Å². The van der Waals surface area contributed by atoms with E-state index in [4.69, 9.17) is 24.7 Å². The Morgan fingerprint density at radius 2 is 1.67 bits per heavy atom. The van der Waals surface area contributed by atoms with E-state index < -0.39 is 14.0 Å². The molecule has 1 radical (unpaired) electrons. The van der Waals surface area contributed by atoms with E-state index in [1.165, 1.54) is 0 Å². The van der Waals surface area contributed by atoms with E-state index in [1.807, 2.05) is 0 Å². The summed E-state index contributed by atoms with van der Waals surface area (Å²) in [4.78, 5) is 0. The van der Waals surface area contributed by atoms with Crippen molar-refractivity contribution in [2.45, 2.75) is 24.4 Å². The number of rotatable bonds is 8. The van der Waals surface area contributed by atoms with Gasteiger partial charge in [-0.3, -0.25) is 0 Å². The second-order valence-electron chi connectivity index (χ2n) is 3.47. The second kappa shape index (κ2) is 6.57. The highest BCUT2D eigenvalue weighted by Crippen LogP contribution is 2.28. The maximum atomic E-state index is 6.26. The summed E-state index contributed by atoms with van der Waals surface area (Å²) >= 11 is 0. The van der Waals surface area contributed by atoms with Gasteiger partial charge in [0, 0.05) is 21.3 Å². The van der Waals surface area contributed by atoms with Gasteiger partial charge in [-0.25, -0.2) is 0 Å². The van der Waals surface area contributed by atoms with Crippen molar-refractivity contribution in [1.29, 1.82) is 0 Å². The SMILES string of the molecule is [CH2]CC(N)(CCCN)[Si](OC)(OC)OC. The minimum absolute atomic E-state index is 0.495. The standard InChI is InChI=1S/C9H23N2O3Si/c1-5-9(11,7-6-8-10)15(12-2,13-3)14-4/h1,5-8,10-11H2,2-4H3. The van der Waals surface area contributed by atoms with Crippen molar-refractivity contribution in [3.63, 3.8) is 0 Å². The Morgan fingerprint density at radius 1 is 1.20 bits per heavy atom. The van der Waals surface area contributed by atoms with Crippen LogP contribution in [0.15, 0.2) is 0 Å². The highest BCUT2D eigenvalue weighted by Gasteiger charge is 2.56. The van der Waals surface area contributed by atoms with Crippen LogP contribution in [0.5, 0.6) is 0 Å². The molecule has 1 unspecified atom stereocenters. The number of nitrogens with two attached hydrogens (primary N) is 2. The van der Waals surface area contributed by atoms with Gasteiger partial charge >= 0.3 is 8.80 Å². The molecule has 0 bridgehead atoms. The first-order valence-corrected chi connectivity index (χ1v) is 6.72. The van der Waals surface area contributed by atoms with E-state index in [2.05, 4.69) is 6.92 Å². The van der Waals surface area contributed by atoms with Crippen LogP contribution >= 0.6 is 0 Å². The van der Waals surface area contributed by atoms with Crippen LogP contribution in [0.4, 0.5) is 0 Å². The topological polar surface area (TPSA) is 79.7 Å². The van der Waals surface area contributed by atoms with Gasteiger partial charge in [-0.2, -0.15) is 0 Å². The lowest BCUT2D eigenvalue weighted by Gasteiger charge is -2.40. The van der Waals surface area contributed by atoms with Crippen LogP contribution in [0.3, 0.4) is 0 Å². The first-order valence-electron chi connectivity index (χ1n) is 4.99. The molecule has 4 N–H and O–H groups in total. The van der Waals surface area contributed by atoms with Crippen LogP contribution in [-0.4, -0.2) is 41.8 Å². The van der Waals surface area contributed by atoms with Crippen molar-refractivity contribution in [3.05, 3.63) is 6.92 Å². The summed E-state index contributed by atoms with van der Waals surface area (Å²) in [5.74, 6) is 0. The summed E-state index contributed by atoms with van der Waals surface area (Å²) in [6, 6.07) is 0. The molecule has 0 fully saturated rings. The monoisotopic (exact) mass is 235 g/mol. The number of hydrogen-bond donors (Lipinski definition) is 2. The summed E-state index contributed by atoms with van der Waals surface area (Å²) in [6.45, 7) is 4.43. The van der Waals surface area contributed by atoms with Gasteiger partial charge in [0.15, 0.2) is 0 Å². The molecule has 0 saturated heterocycles. The molecule has 0 aromatic carbocycles. The summed E-state index contributed by atoms with van der Waals surface area (Å²) in [5, 5.41) is -0.662. The summed E-state index contributed by atoms with van der Waals surface area (Å²) in [7, 11) is 1.81. The lowest BCUT2D eigenvalue weighted by atomic mass is 10.1. The lowest BCUT2D eigenvalue weighted by Crippen LogP contribution is -2.68. The molecule has 5 nitrogen and oxygen atoms in total. The Balaban J connectivity index is 4.84. The Kier molecular flexibility index (Phi) is 6.57. The van der Waals surface area contributed by atoms with Crippen LogP contribution in [0, 0.1) is 6.92 Å². The molecule has 0 heterocycles. The Morgan fingerprint density at radius 3 is 1.93 bits per heavy atom. The number of hydrogen-bond acceptors (Lipinski definition) is 5. The van der Waals surface area contributed by atoms with E-state index in [0.717, 1.165) is 6.42 Å². The molecule has 6 heteroatoms. The van der Waals surface area contributed by atoms with Crippen LogP contribution in [0.1, 0.15) is 19.3 Å². The molecule has 15 heavy (non-hydrogen) atoms. The molecule has 0 aromatic heterocycles. The van der Waals surface area contributed by atoms with Gasteiger partial charge in [0.25, 0.3) is 0 Å². The molecule has 1 atom stereocenters. The first-order chi connectivity index (χ1) is 7.05. The van der Waals surface area contributed by atoms with Crippen molar-refractivity contribution in [2.75, 3.05) is 27.9 Å². The van der Waals surface area contributed by atoms with Crippen molar-refractivity contribution in [1.82, 2.24) is 0 Å². The zero-order valence-corrected chi connectivity index (χ0v) is 10.9. The van der Waals surface area contributed by atoms with Gasteiger partial charge in [0.05, 0.1) is 5.16 Å². The maximum Gasteiger partial charge on any atom is 0.521 e. The van der Waals surface area contributed by atoms with Gasteiger partial charge in [-0.1, -0.05) is 6.92 Å². The zero-order valence-electron chi connectivity index (χ0n) is 9.91. The smallest absolute Gasteiger partial charge is 0.376 e. The van der Waals surface area contributed by atoms with E-state index in [1.54, 1.807) is 21.3 Å². The molecule has 0 saturated carbocycles. The first kappa shape index (κ1) is 15.0. The molecule has 0 aliphatic rings. The maximum absolute atomic E-state index is 6.26. The quantitative estimate of drug-likeness (QED) is 0.582. The fraction of sp³-hybridized carbons (Fsp3) is 0.889. The van der Waals surface area contributed by atoms with Crippen molar-refractivity contribution in [3.8, 4) is 0 Å². The highest BCUT2D eigenvalue weighted by molar-refractivity contribution is 6.64. The second-order valence-corrected chi connectivity index (χ2v) is 6.80. The fourth-order valence-corrected chi connectivity index (χ4v) is 4.22. The molecule has 0 aliphatic carbocycles. The molecule has 0 spiro atoms. The normalized spacial score (nSPS) is 16.4.